The fourth-order valence-corrected chi connectivity index (χ4v) is 2.32. The summed E-state index contributed by atoms with van der Waals surface area (Å²) in [5.41, 5.74) is 3.09. The zero-order valence-electron chi connectivity index (χ0n) is 14.1. The molecule has 1 aromatic carbocycles. The monoisotopic (exact) mass is 306 g/mol. The topological polar surface area (TPSA) is 62.6 Å². The van der Waals surface area contributed by atoms with Gasteiger partial charge in [-0.25, -0.2) is 0 Å². The Balaban J connectivity index is 2.54. The third-order valence-electron chi connectivity index (χ3n) is 3.50. The van der Waals surface area contributed by atoms with Gasteiger partial charge in [0.2, 0.25) is 0 Å². The Morgan fingerprint density at radius 2 is 1.82 bits per heavy atom. The second kappa shape index (κ2) is 9.20. The second-order valence-electron chi connectivity index (χ2n) is 5.67. The van der Waals surface area contributed by atoms with E-state index in [0.29, 0.717) is 13.1 Å². The quantitative estimate of drug-likeness (QED) is 0.656. The van der Waals surface area contributed by atoms with Crippen LogP contribution in [0.2, 0.25) is 0 Å². The first kappa shape index (κ1) is 18.2. The third-order valence-corrected chi connectivity index (χ3v) is 3.50. The predicted octanol–water partition coefficient (Wildman–Crippen LogP) is 0.537. The van der Waals surface area contributed by atoms with Crippen molar-refractivity contribution in [2.75, 3.05) is 32.0 Å². The van der Waals surface area contributed by atoms with Crippen LogP contribution in [-0.2, 0) is 16.0 Å². The largest absolute Gasteiger partial charge is 0.351 e. The van der Waals surface area contributed by atoms with Gasteiger partial charge >= 0.3 is 0 Å². The predicted molar refractivity (Wildman–Crippen MR) is 89.1 cm³/mol. The van der Waals surface area contributed by atoms with Crippen LogP contribution in [0.15, 0.2) is 18.2 Å². The van der Waals surface area contributed by atoms with E-state index in [4.69, 9.17) is 0 Å². The molecule has 0 aliphatic rings. The highest BCUT2D eigenvalue weighted by atomic mass is 16.2. The number of carbonyl (C=O) groups is 2. The number of amides is 2. The first-order valence-electron chi connectivity index (χ1n) is 7.94. The fourth-order valence-electron chi connectivity index (χ4n) is 2.32. The molecule has 3 N–H and O–H groups in total. The Bertz CT molecular complexity index is 515. The molecule has 122 valence electrons. The molecule has 1 aromatic rings. The molecule has 22 heavy (non-hydrogen) atoms. The molecule has 2 amide bonds. The van der Waals surface area contributed by atoms with E-state index in [1.54, 1.807) is 0 Å². The van der Waals surface area contributed by atoms with Crippen LogP contribution in [-0.4, -0.2) is 38.5 Å². The molecule has 0 heterocycles. The first-order valence-corrected chi connectivity index (χ1v) is 7.94. The lowest BCUT2D eigenvalue weighted by Gasteiger charge is -2.16. The van der Waals surface area contributed by atoms with Crippen LogP contribution in [0.4, 0.5) is 5.69 Å². The summed E-state index contributed by atoms with van der Waals surface area (Å²) in [4.78, 5) is 24.7. The van der Waals surface area contributed by atoms with Gasteiger partial charge in [0.05, 0.1) is 7.05 Å². The average Bonchev–Trinajstić information content (AvgIpc) is 2.46. The highest BCUT2D eigenvalue weighted by molar-refractivity contribution is 5.93. The van der Waals surface area contributed by atoms with E-state index in [1.165, 1.54) is 0 Å². The van der Waals surface area contributed by atoms with E-state index >= 15 is 0 Å². The van der Waals surface area contributed by atoms with Gasteiger partial charge in [0.25, 0.3) is 11.8 Å². The van der Waals surface area contributed by atoms with E-state index in [1.807, 2.05) is 39.1 Å². The maximum absolute atomic E-state index is 12.2. The molecular formula is C17H28N3O2+. The van der Waals surface area contributed by atoms with Crippen molar-refractivity contribution in [1.82, 2.24) is 5.32 Å². The summed E-state index contributed by atoms with van der Waals surface area (Å²) >= 11 is 0. The van der Waals surface area contributed by atoms with Crippen LogP contribution < -0.4 is 15.5 Å². The number of carbonyl (C=O) groups excluding carboxylic acids is 2. The Kier molecular flexibility index (Phi) is 7.60. The number of hydrogen-bond donors (Lipinski definition) is 3. The Morgan fingerprint density at radius 1 is 1.14 bits per heavy atom. The Morgan fingerprint density at radius 3 is 2.45 bits per heavy atom. The molecule has 0 aliphatic carbocycles. The van der Waals surface area contributed by atoms with Gasteiger partial charge in [0.15, 0.2) is 13.1 Å². The molecule has 0 aromatic heterocycles. The van der Waals surface area contributed by atoms with Crippen LogP contribution >= 0.6 is 0 Å². The minimum atomic E-state index is -0.0650. The van der Waals surface area contributed by atoms with Gasteiger partial charge in [0, 0.05) is 12.2 Å². The maximum Gasteiger partial charge on any atom is 0.279 e. The van der Waals surface area contributed by atoms with Gasteiger partial charge in [-0.05, 0) is 30.9 Å². The highest BCUT2D eigenvalue weighted by Crippen LogP contribution is 2.20. The molecular weight excluding hydrogens is 278 g/mol. The van der Waals surface area contributed by atoms with Crippen LogP contribution in [0.5, 0.6) is 0 Å². The molecule has 0 radical (unpaired) electrons. The molecule has 0 saturated heterocycles. The molecule has 1 atom stereocenters. The number of para-hydroxylation sites is 1. The molecule has 0 spiro atoms. The van der Waals surface area contributed by atoms with Gasteiger partial charge in [-0.2, -0.15) is 0 Å². The van der Waals surface area contributed by atoms with Crippen molar-refractivity contribution >= 4 is 17.5 Å². The molecule has 5 heteroatoms. The average molecular weight is 306 g/mol. The van der Waals surface area contributed by atoms with E-state index in [9.17, 15) is 9.59 Å². The molecule has 5 nitrogen and oxygen atoms in total. The van der Waals surface area contributed by atoms with Crippen molar-refractivity contribution in [2.24, 2.45) is 0 Å². The third kappa shape index (κ3) is 5.85. The fraction of sp³-hybridized carbons (Fsp3) is 0.529. The van der Waals surface area contributed by atoms with E-state index in [2.05, 4.69) is 17.6 Å². The summed E-state index contributed by atoms with van der Waals surface area (Å²) in [6.07, 6.45) is 1.79. The number of likely N-dealkylation sites (N-methyl/N-ethyl adjacent to an activating group) is 1. The van der Waals surface area contributed by atoms with E-state index < -0.39 is 0 Å². The molecule has 0 aliphatic heterocycles. The van der Waals surface area contributed by atoms with E-state index in [0.717, 1.165) is 34.6 Å². The summed E-state index contributed by atoms with van der Waals surface area (Å²) in [6, 6.07) is 6.01. The van der Waals surface area contributed by atoms with Crippen LogP contribution in [0.1, 0.15) is 31.4 Å². The van der Waals surface area contributed by atoms with Gasteiger partial charge in [-0.1, -0.05) is 32.0 Å². The summed E-state index contributed by atoms with van der Waals surface area (Å²) in [5.74, 6) is -0.0814. The molecule has 1 unspecified atom stereocenters. The number of aryl methyl sites for hydroxylation is 2. The summed E-state index contributed by atoms with van der Waals surface area (Å²) < 4.78 is 0. The van der Waals surface area contributed by atoms with Crippen molar-refractivity contribution in [3.05, 3.63) is 29.3 Å². The smallest absolute Gasteiger partial charge is 0.279 e. The van der Waals surface area contributed by atoms with Crippen molar-refractivity contribution < 1.29 is 14.5 Å². The zero-order valence-corrected chi connectivity index (χ0v) is 14.1. The molecule has 1 rings (SSSR count). The van der Waals surface area contributed by atoms with Gasteiger partial charge in [-0.3, -0.25) is 9.59 Å². The Labute approximate surface area is 133 Å². The molecule has 0 fully saturated rings. The number of rotatable bonds is 8. The minimum absolute atomic E-state index is 0.0164. The van der Waals surface area contributed by atoms with Crippen LogP contribution in [0.25, 0.3) is 0 Å². The lowest BCUT2D eigenvalue weighted by atomic mass is 10.1. The number of benzene rings is 1. The lowest BCUT2D eigenvalue weighted by Crippen LogP contribution is -3.11. The number of anilines is 1. The van der Waals surface area contributed by atoms with Crippen molar-refractivity contribution in [3.63, 3.8) is 0 Å². The van der Waals surface area contributed by atoms with Crippen molar-refractivity contribution in [1.29, 1.82) is 0 Å². The van der Waals surface area contributed by atoms with Crippen molar-refractivity contribution in [3.8, 4) is 0 Å². The van der Waals surface area contributed by atoms with Gasteiger partial charge < -0.3 is 15.5 Å². The maximum atomic E-state index is 12.2. The van der Waals surface area contributed by atoms with Gasteiger partial charge in [-0.15, -0.1) is 0 Å². The molecule has 0 saturated carbocycles. The minimum Gasteiger partial charge on any atom is -0.351 e. The SMILES string of the molecule is CCCNC(=O)C[NH+](C)CC(=O)Nc1c(C)cccc1CC. The number of quaternary nitrogens is 1. The normalized spacial score (nSPS) is 11.8. The number of nitrogens with one attached hydrogen (secondary N) is 3. The second-order valence-corrected chi connectivity index (χ2v) is 5.67. The summed E-state index contributed by atoms with van der Waals surface area (Å²) in [6.45, 7) is 7.33. The standard InChI is InChI=1S/C17H27N3O2/c1-5-10-18-15(21)11-20(4)12-16(22)19-17-13(3)8-7-9-14(17)6-2/h7-9H,5-6,10-12H2,1-4H3,(H,18,21)(H,19,22)/p+1. The first-order chi connectivity index (χ1) is 10.5. The highest BCUT2D eigenvalue weighted by Gasteiger charge is 2.15. The summed E-state index contributed by atoms with van der Waals surface area (Å²) in [5, 5.41) is 5.81. The van der Waals surface area contributed by atoms with Crippen LogP contribution in [0, 0.1) is 6.92 Å². The zero-order chi connectivity index (χ0) is 16.5. The number of hydrogen-bond acceptors (Lipinski definition) is 2. The lowest BCUT2D eigenvalue weighted by molar-refractivity contribution is -0.862. The van der Waals surface area contributed by atoms with Crippen LogP contribution in [0.3, 0.4) is 0 Å². The van der Waals surface area contributed by atoms with Crippen molar-refractivity contribution in [2.45, 2.75) is 33.6 Å². The van der Waals surface area contributed by atoms with E-state index in [-0.39, 0.29) is 18.4 Å². The molecule has 0 bridgehead atoms. The Hall–Kier alpha value is -1.88. The summed E-state index contributed by atoms with van der Waals surface area (Å²) in [7, 11) is 1.85. The van der Waals surface area contributed by atoms with Gasteiger partial charge in [0.1, 0.15) is 0 Å².